The van der Waals surface area contributed by atoms with Gasteiger partial charge < -0.3 is 23.8 Å². The number of aryl methyl sites for hydroxylation is 1. The van der Waals surface area contributed by atoms with Crippen LogP contribution in [0, 0.1) is 5.92 Å². The van der Waals surface area contributed by atoms with Gasteiger partial charge in [0.2, 0.25) is 11.7 Å². The van der Waals surface area contributed by atoms with Gasteiger partial charge in [-0.2, -0.15) is 4.98 Å². The number of nitrogens with zero attached hydrogens (tertiary/aromatic N) is 3. The summed E-state index contributed by atoms with van der Waals surface area (Å²) in [5, 5.41) is 15.6. The van der Waals surface area contributed by atoms with Gasteiger partial charge in [0.05, 0.1) is 31.2 Å². The fraction of sp³-hybridized carbons (Fsp3) is 0.429. The van der Waals surface area contributed by atoms with Crippen molar-refractivity contribution in [1.82, 2.24) is 15.1 Å². The number of cyclic esters (lactones) is 1. The Morgan fingerprint density at radius 1 is 1.16 bits per heavy atom. The van der Waals surface area contributed by atoms with Gasteiger partial charge in [-0.3, -0.25) is 4.98 Å². The zero-order chi connectivity index (χ0) is 26.7. The van der Waals surface area contributed by atoms with E-state index in [9.17, 15) is 9.90 Å². The lowest BCUT2D eigenvalue weighted by molar-refractivity contribution is -0.167. The minimum atomic E-state index is -0.827. The molecule has 0 radical (unpaired) electrons. The largest absolute Gasteiger partial charge is 0.512 e. The molecule has 5 rings (SSSR count). The Kier molecular flexibility index (Phi) is 7.56. The van der Waals surface area contributed by atoms with Crippen LogP contribution in [0.25, 0.3) is 11.5 Å². The molecule has 1 aliphatic heterocycles. The van der Waals surface area contributed by atoms with Crippen LogP contribution in [0.3, 0.4) is 0 Å². The van der Waals surface area contributed by atoms with E-state index in [4.69, 9.17) is 30.3 Å². The van der Waals surface area contributed by atoms with E-state index in [1.54, 1.807) is 38.6 Å². The van der Waals surface area contributed by atoms with Crippen molar-refractivity contribution in [2.45, 2.75) is 57.0 Å². The standard InChI is InChI=1S/C28H30ClN3O6/c1-35-23-15-24(36-2)20(29)13-17(23)10-11-28(18-7-3-4-8-18)16-22(33)19(27(34)37-28)14-25-31-26(32-38-25)21-9-5-6-12-30-21/h5-6,9,12-13,15,18,33H,3-4,7-8,10-11,14,16H2,1-2H3. The van der Waals surface area contributed by atoms with Crippen LogP contribution in [0.15, 0.2) is 52.4 Å². The minimum absolute atomic E-state index is 0.00506. The number of hydrogen-bond acceptors (Lipinski definition) is 9. The molecular weight excluding hydrogens is 510 g/mol. The third kappa shape index (κ3) is 5.20. The first-order chi connectivity index (χ1) is 18.4. The second-order valence-electron chi connectivity index (χ2n) is 9.74. The number of aliphatic hydroxyl groups is 1. The number of benzene rings is 1. The third-order valence-electron chi connectivity index (χ3n) is 7.52. The Morgan fingerprint density at radius 2 is 1.95 bits per heavy atom. The molecule has 1 aliphatic carbocycles. The number of hydrogen-bond donors (Lipinski definition) is 1. The van der Waals surface area contributed by atoms with Crippen LogP contribution in [0.4, 0.5) is 0 Å². The van der Waals surface area contributed by atoms with Crippen LogP contribution >= 0.6 is 11.6 Å². The second-order valence-corrected chi connectivity index (χ2v) is 10.1. The summed E-state index contributed by atoms with van der Waals surface area (Å²) in [5.41, 5.74) is 0.752. The van der Waals surface area contributed by atoms with Crippen molar-refractivity contribution < 1.29 is 28.6 Å². The van der Waals surface area contributed by atoms with Gasteiger partial charge in [0, 0.05) is 18.7 Å². The lowest BCUT2D eigenvalue weighted by atomic mass is 9.76. The first-order valence-electron chi connectivity index (χ1n) is 12.7. The average Bonchev–Trinajstić information content (AvgIpc) is 3.63. The van der Waals surface area contributed by atoms with Crippen LogP contribution in [0.5, 0.6) is 11.5 Å². The van der Waals surface area contributed by atoms with E-state index in [2.05, 4.69) is 15.1 Å². The Labute approximate surface area is 225 Å². The lowest BCUT2D eigenvalue weighted by Crippen LogP contribution is -2.46. The van der Waals surface area contributed by atoms with E-state index in [-0.39, 0.29) is 36.0 Å². The Morgan fingerprint density at radius 3 is 2.63 bits per heavy atom. The number of aliphatic hydroxyl groups excluding tert-OH is 1. The van der Waals surface area contributed by atoms with E-state index in [1.807, 2.05) is 12.1 Å². The number of ether oxygens (including phenoxy) is 3. The van der Waals surface area contributed by atoms with Gasteiger partial charge in [0.15, 0.2) is 0 Å². The second kappa shape index (κ2) is 11.0. The highest BCUT2D eigenvalue weighted by Gasteiger charge is 2.48. The molecule has 2 aliphatic rings. The first-order valence-corrected chi connectivity index (χ1v) is 13.1. The summed E-state index contributed by atoms with van der Waals surface area (Å²) in [5.74, 6) is 1.29. The molecule has 1 N–H and O–H groups in total. The van der Waals surface area contributed by atoms with E-state index >= 15 is 0 Å². The van der Waals surface area contributed by atoms with Gasteiger partial charge in [0.25, 0.3) is 0 Å². The molecule has 10 heteroatoms. The maximum Gasteiger partial charge on any atom is 0.338 e. The number of methoxy groups -OCH3 is 2. The first kappa shape index (κ1) is 26.0. The monoisotopic (exact) mass is 539 g/mol. The summed E-state index contributed by atoms with van der Waals surface area (Å²) in [4.78, 5) is 21.9. The Bertz CT molecular complexity index is 1340. The Balaban J connectivity index is 1.38. The molecule has 0 bridgehead atoms. The molecule has 9 nitrogen and oxygen atoms in total. The fourth-order valence-corrected chi connectivity index (χ4v) is 5.79. The molecule has 0 saturated heterocycles. The van der Waals surface area contributed by atoms with Crippen LogP contribution in [0.1, 0.15) is 50.0 Å². The molecule has 38 heavy (non-hydrogen) atoms. The number of rotatable bonds is 9. The normalized spacial score (nSPS) is 20.0. The van der Waals surface area contributed by atoms with Crippen LogP contribution in [-0.4, -0.2) is 46.0 Å². The summed E-state index contributed by atoms with van der Waals surface area (Å²) in [7, 11) is 3.15. The summed E-state index contributed by atoms with van der Waals surface area (Å²) in [6, 6.07) is 8.96. The third-order valence-corrected chi connectivity index (χ3v) is 7.81. The molecule has 3 aromatic rings. The zero-order valence-corrected chi connectivity index (χ0v) is 22.2. The molecule has 1 atom stereocenters. The van der Waals surface area contributed by atoms with Crippen molar-refractivity contribution in [1.29, 1.82) is 0 Å². The van der Waals surface area contributed by atoms with Gasteiger partial charge in [-0.1, -0.05) is 35.7 Å². The van der Waals surface area contributed by atoms with Crippen molar-refractivity contribution in [3.8, 4) is 23.0 Å². The smallest absolute Gasteiger partial charge is 0.338 e. The molecule has 200 valence electrons. The quantitative estimate of drug-likeness (QED) is 0.343. The highest BCUT2D eigenvalue weighted by Crippen LogP contribution is 2.46. The molecule has 2 aromatic heterocycles. The molecule has 1 fully saturated rings. The molecule has 1 aromatic carbocycles. The molecular formula is C28H30ClN3O6. The molecule has 1 saturated carbocycles. The number of aromatic nitrogens is 3. The number of halogens is 1. The highest BCUT2D eigenvalue weighted by molar-refractivity contribution is 6.32. The lowest BCUT2D eigenvalue weighted by Gasteiger charge is -2.41. The average molecular weight is 540 g/mol. The summed E-state index contributed by atoms with van der Waals surface area (Å²) in [6.45, 7) is 0. The van der Waals surface area contributed by atoms with Crippen molar-refractivity contribution in [2.24, 2.45) is 5.92 Å². The van der Waals surface area contributed by atoms with Crippen LogP contribution < -0.4 is 9.47 Å². The molecule has 1 unspecified atom stereocenters. The maximum atomic E-state index is 13.3. The van der Waals surface area contributed by atoms with Crippen molar-refractivity contribution in [2.75, 3.05) is 14.2 Å². The van der Waals surface area contributed by atoms with Gasteiger partial charge >= 0.3 is 5.97 Å². The van der Waals surface area contributed by atoms with E-state index in [0.717, 1.165) is 31.2 Å². The van der Waals surface area contributed by atoms with E-state index in [1.165, 1.54) is 0 Å². The Hall–Kier alpha value is -3.59. The van der Waals surface area contributed by atoms with Gasteiger partial charge in [-0.05, 0) is 55.4 Å². The number of pyridine rings is 1. The number of carbonyl (C=O) groups is 1. The number of carbonyl (C=O) groups excluding carboxylic acids is 1. The van der Waals surface area contributed by atoms with E-state index < -0.39 is 11.6 Å². The SMILES string of the molecule is COc1cc(OC)c(CCC2(C3CCCC3)CC(O)=C(Cc3nc(-c4ccccn4)no3)C(=O)O2)cc1Cl. The van der Waals surface area contributed by atoms with Gasteiger partial charge in [-0.25, -0.2) is 4.79 Å². The predicted molar refractivity (Wildman–Crippen MR) is 139 cm³/mol. The molecule has 0 spiro atoms. The highest BCUT2D eigenvalue weighted by atomic mass is 35.5. The summed E-state index contributed by atoms with van der Waals surface area (Å²) >= 11 is 6.39. The topological polar surface area (TPSA) is 117 Å². The van der Waals surface area contributed by atoms with Gasteiger partial charge in [-0.15, -0.1) is 0 Å². The van der Waals surface area contributed by atoms with Crippen LogP contribution in [0.2, 0.25) is 5.02 Å². The predicted octanol–water partition coefficient (Wildman–Crippen LogP) is 5.67. The summed E-state index contributed by atoms with van der Waals surface area (Å²) < 4.78 is 22.4. The van der Waals surface area contributed by atoms with Crippen molar-refractivity contribution >= 4 is 17.6 Å². The van der Waals surface area contributed by atoms with Crippen molar-refractivity contribution in [3.63, 3.8) is 0 Å². The number of esters is 1. The zero-order valence-electron chi connectivity index (χ0n) is 21.4. The van der Waals surface area contributed by atoms with E-state index in [0.29, 0.717) is 40.9 Å². The fourth-order valence-electron chi connectivity index (χ4n) is 5.53. The minimum Gasteiger partial charge on any atom is -0.512 e. The van der Waals surface area contributed by atoms with Gasteiger partial charge in [0.1, 0.15) is 28.6 Å². The molecule has 0 amide bonds. The maximum absolute atomic E-state index is 13.3. The summed E-state index contributed by atoms with van der Waals surface area (Å²) in [6.07, 6.45) is 6.92. The van der Waals surface area contributed by atoms with Crippen LogP contribution in [-0.2, 0) is 22.4 Å². The van der Waals surface area contributed by atoms with Crippen molar-refractivity contribution in [3.05, 3.63) is 64.3 Å². The molecule has 3 heterocycles.